The zero-order valence-electron chi connectivity index (χ0n) is 9.52. The van der Waals surface area contributed by atoms with Crippen molar-refractivity contribution in [3.63, 3.8) is 0 Å². The molecule has 17 heavy (non-hydrogen) atoms. The van der Waals surface area contributed by atoms with Crippen molar-refractivity contribution in [3.8, 4) is 0 Å². The Morgan fingerprint density at radius 2 is 2.47 bits per heavy atom. The standard InChI is InChI=1S/C11H14ClN3O2/c1-15(7-2-3-17-6-7)11(16)8-4-10(12)14-5-9(8)13/h4-5,7H,2-3,6,13H2,1H3. The fraction of sp³-hybridized carbons (Fsp3) is 0.455. The third kappa shape index (κ3) is 2.50. The molecule has 5 nitrogen and oxygen atoms in total. The van der Waals surface area contributed by atoms with Crippen LogP contribution in [-0.4, -0.2) is 42.1 Å². The number of nitrogen functional groups attached to an aromatic ring is 1. The molecule has 2 N–H and O–H groups in total. The van der Waals surface area contributed by atoms with E-state index in [2.05, 4.69) is 4.98 Å². The van der Waals surface area contributed by atoms with Gasteiger partial charge in [-0.05, 0) is 12.5 Å². The van der Waals surface area contributed by atoms with Crippen molar-refractivity contribution >= 4 is 23.2 Å². The summed E-state index contributed by atoms with van der Waals surface area (Å²) in [6.07, 6.45) is 2.25. The van der Waals surface area contributed by atoms with Gasteiger partial charge in [0.1, 0.15) is 5.15 Å². The first-order chi connectivity index (χ1) is 8.09. The molecule has 1 aliphatic heterocycles. The summed E-state index contributed by atoms with van der Waals surface area (Å²) in [5.74, 6) is -0.151. The van der Waals surface area contributed by atoms with Gasteiger partial charge in [-0.1, -0.05) is 11.6 Å². The van der Waals surface area contributed by atoms with Crippen LogP contribution in [-0.2, 0) is 4.74 Å². The number of nitrogens with two attached hydrogens (primary N) is 1. The van der Waals surface area contributed by atoms with Crippen LogP contribution in [0, 0.1) is 0 Å². The minimum absolute atomic E-state index is 0.105. The second-order valence-electron chi connectivity index (χ2n) is 4.03. The molecule has 0 aromatic carbocycles. The topological polar surface area (TPSA) is 68.5 Å². The van der Waals surface area contributed by atoms with Gasteiger partial charge in [-0.3, -0.25) is 4.79 Å². The van der Waals surface area contributed by atoms with Crippen LogP contribution in [0.5, 0.6) is 0 Å². The summed E-state index contributed by atoms with van der Waals surface area (Å²) < 4.78 is 5.25. The zero-order valence-corrected chi connectivity index (χ0v) is 10.3. The van der Waals surface area contributed by atoms with E-state index in [1.165, 1.54) is 12.3 Å². The summed E-state index contributed by atoms with van der Waals surface area (Å²) >= 11 is 5.76. The minimum Gasteiger partial charge on any atom is -0.397 e. The number of hydrogen-bond donors (Lipinski definition) is 1. The average Bonchev–Trinajstić information content (AvgIpc) is 2.84. The van der Waals surface area contributed by atoms with E-state index in [1.54, 1.807) is 11.9 Å². The van der Waals surface area contributed by atoms with Gasteiger partial charge in [-0.2, -0.15) is 0 Å². The first kappa shape index (κ1) is 12.1. The lowest BCUT2D eigenvalue weighted by Crippen LogP contribution is -2.37. The highest BCUT2D eigenvalue weighted by atomic mass is 35.5. The summed E-state index contributed by atoms with van der Waals surface area (Å²) in [7, 11) is 1.75. The highest BCUT2D eigenvalue weighted by Gasteiger charge is 2.26. The van der Waals surface area contributed by atoms with Crippen LogP contribution in [0.25, 0.3) is 0 Å². The molecular formula is C11H14ClN3O2. The Kier molecular flexibility index (Phi) is 3.49. The number of anilines is 1. The van der Waals surface area contributed by atoms with E-state index in [1.807, 2.05) is 0 Å². The van der Waals surface area contributed by atoms with E-state index >= 15 is 0 Å². The van der Waals surface area contributed by atoms with Crippen LogP contribution in [0.4, 0.5) is 5.69 Å². The van der Waals surface area contributed by atoms with Gasteiger partial charge in [-0.25, -0.2) is 4.98 Å². The predicted octanol–water partition coefficient (Wildman–Crippen LogP) is 1.18. The summed E-state index contributed by atoms with van der Waals surface area (Å²) in [6.45, 7) is 1.26. The third-order valence-corrected chi connectivity index (χ3v) is 3.11. The van der Waals surface area contributed by atoms with Crippen LogP contribution >= 0.6 is 11.6 Å². The van der Waals surface area contributed by atoms with Gasteiger partial charge in [0.15, 0.2) is 0 Å². The summed E-state index contributed by atoms with van der Waals surface area (Å²) in [5.41, 5.74) is 6.45. The molecule has 0 aliphatic carbocycles. The molecule has 1 unspecified atom stereocenters. The number of likely N-dealkylation sites (N-methyl/N-ethyl adjacent to an activating group) is 1. The number of hydrogen-bond acceptors (Lipinski definition) is 4. The number of halogens is 1. The predicted molar refractivity (Wildman–Crippen MR) is 65.0 cm³/mol. The number of nitrogens with zero attached hydrogens (tertiary/aromatic N) is 2. The van der Waals surface area contributed by atoms with Crippen LogP contribution in [0.3, 0.4) is 0 Å². The Labute approximate surface area is 105 Å². The first-order valence-corrected chi connectivity index (χ1v) is 5.73. The van der Waals surface area contributed by atoms with Crippen molar-refractivity contribution in [1.29, 1.82) is 0 Å². The van der Waals surface area contributed by atoms with Crippen LogP contribution in [0.15, 0.2) is 12.3 Å². The van der Waals surface area contributed by atoms with Crippen molar-refractivity contribution in [2.45, 2.75) is 12.5 Å². The van der Waals surface area contributed by atoms with Crippen LogP contribution < -0.4 is 5.73 Å². The molecule has 6 heteroatoms. The number of ether oxygens (including phenoxy) is 1. The maximum Gasteiger partial charge on any atom is 0.256 e. The third-order valence-electron chi connectivity index (χ3n) is 2.91. The van der Waals surface area contributed by atoms with Gasteiger partial charge >= 0.3 is 0 Å². The van der Waals surface area contributed by atoms with Gasteiger partial charge < -0.3 is 15.4 Å². The molecule has 1 aromatic rings. The summed E-state index contributed by atoms with van der Waals surface area (Å²) in [4.78, 5) is 17.7. The molecule has 1 aliphatic rings. The second kappa shape index (κ2) is 4.89. The Hall–Kier alpha value is -1.33. The maximum atomic E-state index is 12.2. The Balaban J connectivity index is 2.20. The lowest BCUT2D eigenvalue weighted by Gasteiger charge is -2.23. The van der Waals surface area contributed by atoms with E-state index in [9.17, 15) is 4.79 Å². The van der Waals surface area contributed by atoms with Crippen molar-refractivity contribution in [2.75, 3.05) is 26.0 Å². The normalized spacial score (nSPS) is 19.3. The van der Waals surface area contributed by atoms with Gasteiger partial charge in [0.05, 0.1) is 30.1 Å². The Bertz CT molecular complexity index is 433. The molecule has 1 fully saturated rings. The monoisotopic (exact) mass is 255 g/mol. The molecule has 1 atom stereocenters. The summed E-state index contributed by atoms with van der Waals surface area (Å²) in [6, 6.07) is 1.60. The lowest BCUT2D eigenvalue weighted by molar-refractivity contribution is 0.0712. The van der Waals surface area contributed by atoms with Crippen molar-refractivity contribution < 1.29 is 9.53 Å². The molecule has 0 spiro atoms. The maximum absolute atomic E-state index is 12.2. The van der Waals surface area contributed by atoms with Crippen molar-refractivity contribution in [3.05, 3.63) is 23.0 Å². The molecule has 0 bridgehead atoms. The largest absolute Gasteiger partial charge is 0.397 e. The number of aromatic nitrogens is 1. The smallest absolute Gasteiger partial charge is 0.256 e. The van der Waals surface area contributed by atoms with Crippen molar-refractivity contribution in [1.82, 2.24) is 9.88 Å². The van der Waals surface area contributed by atoms with Gasteiger partial charge in [0.25, 0.3) is 5.91 Å². The van der Waals surface area contributed by atoms with E-state index in [0.29, 0.717) is 24.5 Å². The molecule has 2 rings (SSSR count). The SMILES string of the molecule is CN(C(=O)c1cc(Cl)ncc1N)C1CCOC1. The van der Waals surface area contributed by atoms with E-state index in [0.717, 1.165) is 6.42 Å². The molecule has 0 saturated carbocycles. The number of carbonyl (C=O) groups is 1. The molecule has 1 saturated heterocycles. The quantitative estimate of drug-likeness (QED) is 0.806. The first-order valence-electron chi connectivity index (χ1n) is 5.35. The van der Waals surface area contributed by atoms with E-state index < -0.39 is 0 Å². The van der Waals surface area contributed by atoms with Crippen LogP contribution in [0.1, 0.15) is 16.8 Å². The average molecular weight is 256 g/mol. The fourth-order valence-corrected chi connectivity index (χ4v) is 1.97. The summed E-state index contributed by atoms with van der Waals surface area (Å²) in [5, 5.41) is 0.263. The van der Waals surface area contributed by atoms with Gasteiger partial charge in [0.2, 0.25) is 0 Å². The van der Waals surface area contributed by atoms with Crippen LogP contribution in [0.2, 0.25) is 5.15 Å². The zero-order chi connectivity index (χ0) is 12.4. The Morgan fingerprint density at radius 3 is 3.12 bits per heavy atom. The molecule has 0 radical (unpaired) electrons. The number of rotatable bonds is 2. The van der Waals surface area contributed by atoms with Crippen molar-refractivity contribution in [2.24, 2.45) is 0 Å². The number of amides is 1. The minimum atomic E-state index is -0.151. The fourth-order valence-electron chi connectivity index (χ4n) is 1.81. The van der Waals surface area contributed by atoms with E-state index in [-0.39, 0.29) is 17.1 Å². The van der Waals surface area contributed by atoms with Gasteiger partial charge in [-0.15, -0.1) is 0 Å². The molecule has 1 amide bonds. The van der Waals surface area contributed by atoms with E-state index in [4.69, 9.17) is 22.1 Å². The number of pyridine rings is 1. The lowest BCUT2D eigenvalue weighted by atomic mass is 10.1. The molecule has 2 heterocycles. The molecule has 92 valence electrons. The highest BCUT2D eigenvalue weighted by Crippen LogP contribution is 2.19. The second-order valence-corrected chi connectivity index (χ2v) is 4.41. The van der Waals surface area contributed by atoms with Gasteiger partial charge in [0, 0.05) is 13.7 Å². The molecular weight excluding hydrogens is 242 g/mol. The highest BCUT2D eigenvalue weighted by molar-refractivity contribution is 6.29. The Morgan fingerprint density at radius 1 is 1.71 bits per heavy atom. The molecule has 1 aromatic heterocycles. The number of carbonyl (C=O) groups excluding carboxylic acids is 1.